The molecule has 0 spiro atoms. The number of halogens is 2. The Balaban J connectivity index is 1.91. The quantitative estimate of drug-likeness (QED) is 0.260. The molecule has 0 saturated heterocycles. The molecule has 0 aliphatic carbocycles. The third-order valence-corrected chi connectivity index (χ3v) is 7.92. The smallest absolute Gasteiger partial charge is 0.327 e. The molecule has 36 heavy (non-hydrogen) atoms. The van der Waals surface area contributed by atoms with Crippen LogP contribution in [0.15, 0.2) is 64.0 Å². The monoisotopic (exact) mass is 547 g/mol. The summed E-state index contributed by atoms with van der Waals surface area (Å²) < 4.78 is 34.0. The third kappa shape index (κ3) is 5.18. The van der Waals surface area contributed by atoms with Crippen LogP contribution >= 0.6 is 23.2 Å². The van der Waals surface area contributed by atoms with Crippen molar-refractivity contribution in [3.8, 4) is 11.5 Å². The number of benzene rings is 3. The summed E-state index contributed by atoms with van der Waals surface area (Å²) in [6.07, 6.45) is 1.34. The van der Waals surface area contributed by atoms with E-state index in [1.165, 1.54) is 18.2 Å². The van der Waals surface area contributed by atoms with Crippen molar-refractivity contribution in [2.24, 2.45) is 0 Å². The van der Waals surface area contributed by atoms with Gasteiger partial charge in [0.2, 0.25) is 0 Å². The predicted octanol–water partition coefficient (Wildman–Crippen LogP) is 6.34. The molecular formula is C25H23Cl2N3O5S. The van der Waals surface area contributed by atoms with Crippen LogP contribution in [0.1, 0.15) is 32.0 Å². The van der Waals surface area contributed by atoms with Crippen molar-refractivity contribution in [3.63, 3.8) is 0 Å². The molecule has 0 radical (unpaired) electrons. The molecule has 0 fully saturated rings. The minimum absolute atomic E-state index is 0.124. The molecule has 8 nitrogen and oxygen atoms in total. The molecule has 11 heteroatoms. The SMILES string of the molecule is CCCCC(C(=O)O)N(c1ccc2c(-c3nc(C)no3)cccc2c1)S(=O)(=O)c1cc(Cl)cc(Cl)c1. The molecule has 1 N–H and O–H groups in total. The summed E-state index contributed by atoms with van der Waals surface area (Å²) in [5.41, 5.74) is 0.873. The summed E-state index contributed by atoms with van der Waals surface area (Å²) in [5.74, 6) is -0.443. The molecule has 0 aliphatic heterocycles. The van der Waals surface area contributed by atoms with Gasteiger partial charge in [0.1, 0.15) is 6.04 Å². The average Bonchev–Trinajstić information content (AvgIpc) is 3.26. The molecule has 1 atom stereocenters. The van der Waals surface area contributed by atoms with Gasteiger partial charge >= 0.3 is 5.97 Å². The molecule has 3 aromatic carbocycles. The largest absolute Gasteiger partial charge is 0.480 e. The minimum atomic E-state index is -4.36. The lowest BCUT2D eigenvalue weighted by atomic mass is 10.0. The van der Waals surface area contributed by atoms with Gasteiger partial charge in [-0.1, -0.05) is 66.3 Å². The third-order valence-electron chi connectivity index (χ3n) is 5.67. The lowest BCUT2D eigenvalue weighted by Crippen LogP contribution is -2.45. The van der Waals surface area contributed by atoms with E-state index in [1.54, 1.807) is 37.3 Å². The molecule has 1 unspecified atom stereocenters. The van der Waals surface area contributed by atoms with E-state index in [0.717, 1.165) is 9.69 Å². The standard InChI is InChI=1S/C25H23Cl2N3O5S/c1-3-4-8-23(25(31)32)30(36(33,34)20-13-17(26)12-18(27)14-20)19-9-10-21-16(11-19)6-5-7-22(21)24-28-15(2)29-35-24/h5-7,9-14,23H,3-4,8H2,1-2H3,(H,31,32). The highest BCUT2D eigenvalue weighted by Crippen LogP contribution is 2.35. The van der Waals surface area contributed by atoms with Crippen LogP contribution in [0.3, 0.4) is 0 Å². The topological polar surface area (TPSA) is 114 Å². The van der Waals surface area contributed by atoms with Crippen molar-refractivity contribution in [2.45, 2.75) is 44.0 Å². The number of hydrogen-bond donors (Lipinski definition) is 1. The van der Waals surface area contributed by atoms with Gasteiger partial charge in [-0.25, -0.2) is 13.2 Å². The number of unbranched alkanes of at least 4 members (excludes halogenated alkanes) is 1. The van der Waals surface area contributed by atoms with Crippen LogP contribution in [-0.4, -0.2) is 35.7 Å². The minimum Gasteiger partial charge on any atom is -0.480 e. The zero-order valence-electron chi connectivity index (χ0n) is 19.5. The van der Waals surface area contributed by atoms with Crippen molar-refractivity contribution >= 4 is 55.7 Å². The molecule has 0 aliphatic rings. The van der Waals surface area contributed by atoms with E-state index in [1.807, 2.05) is 13.0 Å². The van der Waals surface area contributed by atoms with Gasteiger partial charge in [0.15, 0.2) is 5.82 Å². The molecular weight excluding hydrogens is 525 g/mol. The summed E-state index contributed by atoms with van der Waals surface area (Å²) in [4.78, 5) is 16.4. The van der Waals surface area contributed by atoms with E-state index in [-0.39, 0.29) is 27.0 Å². The van der Waals surface area contributed by atoms with Crippen molar-refractivity contribution in [3.05, 3.63) is 70.5 Å². The predicted molar refractivity (Wildman–Crippen MR) is 139 cm³/mol. The highest BCUT2D eigenvalue weighted by Gasteiger charge is 2.36. The fourth-order valence-corrected chi connectivity index (χ4v) is 6.37. The van der Waals surface area contributed by atoms with Gasteiger partial charge in [-0.2, -0.15) is 4.98 Å². The molecule has 0 amide bonds. The van der Waals surface area contributed by atoms with Crippen molar-refractivity contribution in [1.82, 2.24) is 10.1 Å². The Bertz CT molecular complexity index is 1520. The van der Waals surface area contributed by atoms with Crippen LogP contribution in [0, 0.1) is 6.92 Å². The lowest BCUT2D eigenvalue weighted by Gasteiger charge is -2.30. The number of nitrogens with zero attached hydrogens (tertiary/aromatic N) is 3. The summed E-state index contributed by atoms with van der Waals surface area (Å²) in [7, 11) is -4.36. The molecule has 188 valence electrons. The zero-order chi connectivity index (χ0) is 26.0. The number of aryl methyl sites for hydroxylation is 1. The normalized spacial score (nSPS) is 12.6. The number of aliphatic carboxylic acids is 1. The lowest BCUT2D eigenvalue weighted by molar-refractivity contribution is -0.138. The Labute approximate surface area is 218 Å². The first-order valence-corrected chi connectivity index (χ1v) is 13.4. The molecule has 4 aromatic rings. The van der Waals surface area contributed by atoms with Crippen LogP contribution in [-0.2, 0) is 14.8 Å². The second kappa shape index (κ2) is 10.5. The van der Waals surface area contributed by atoms with Crippen LogP contribution in [0.2, 0.25) is 10.0 Å². The fourth-order valence-electron chi connectivity index (χ4n) is 4.02. The highest BCUT2D eigenvalue weighted by molar-refractivity contribution is 7.93. The van der Waals surface area contributed by atoms with Gasteiger partial charge in [0, 0.05) is 15.6 Å². The van der Waals surface area contributed by atoms with E-state index in [9.17, 15) is 18.3 Å². The van der Waals surface area contributed by atoms with Gasteiger partial charge in [-0.3, -0.25) is 4.31 Å². The summed E-state index contributed by atoms with van der Waals surface area (Å²) in [5, 5.41) is 15.6. The van der Waals surface area contributed by atoms with Gasteiger partial charge in [0.05, 0.1) is 10.6 Å². The van der Waals surface area contributed by atoms with E-state index in [2.05, 4.69) is 10.1 Å². The average molecular weight is 548 g/mol. The summed E-state index contributed by atoms with van der Waals surface area (Å²) in [6.45, 7) is 3.62. The number of carboxylic acids is 1. The van der Waals surface area contributed by atoms with Crippen LogP contribution < -0.4 is 4.31 Å². The first-order chi connectivity index (χ1) is 17.1. The Morgan fingerprint density at radius 2 is 1.83 bits per heavy atom. The molecule has 0 bridgehead atoms. The molecule has 0 saturated carbocycles. The first-order valence-electron chi connectivity index (χ1n) is 11.2. The number of carboxylic acid groups (broad SMARTS) is 1. The Kier molecular flexibility index (Phi) is 7.54. The number of hydrogen-bond acceptors (Lipinski definition) is 6. The van der Waals surface area contributed by atoms with Crippen molar-refractivity contribution in [1.29, 1.82) is 0 Å². The summed E-state index contributed by atoms with van der Waals surface area (Å²) >= 11 is 12.2. The van der Waals surface area contributed by atoms with Crippen molar-refractivity contribution < 1.29 is 22.8 Å². The van der Waals surface area contributed by atoms with Crippen LogP contribution in [0.4, 0.5) is 5.69 Å². The fraction of sp³-hybridized carbons (Fsp3) is 0.240. The van der Waals surface area contributed by atoms with E-state index < -0.39 is 22.0 Å². The number of rotatable bonds is 9. The molecule has 4 rings (SSSR count). The van der Waals surface area contributed by atoms with E-state index in [0.29, 0.717) is 35.5 Å². The van der Waals surface area contributed by atoms with Crippen LogP contribution in [0.25, 0.3) is 22.2 Å². The second-order valence-electron chi connectivity index (χ2n) is 8.26. The van der Waals surface area contributed by atoms with E-state index >= 15 is 0 Å². The first kappa shape index (κ1) is 25.9. The molecule has 1 heterocycles. The number of sulfonamides is 1. The number of anilines is 1. The maximum Gasteiger partial charge on any atom is 0.327 e. The van der Waals surface area contributed by atoms with Crippen LogP contribution in [0.5, 0.6) is 0 Å². The Morgan fingerprint density at radius 1 is 1.11 bits per heavy atom. The Hall–Kier alpha value is -3.14. The zero-order valence-corrected chi connectivity index (χ0v) is 21.8. The molecule has 1 aromatic heterocycles. The number of carbonyl (C=O) groups is 1. The number of fused-ring (bicyclic) bond motifs is 1. The van der Waals surface area contributed by atoms with Gasteiger partial charge in [-0.05, 0) is 60.5 Å². The second-order valence-corrected chi connectivity index (χ2v) is 10.9. The van der Waals surface area contributed by atoms with Crippen molar-refractivity contribution in [2.75, 3.05) is 4.31 Å². The maximum atomic E-state index is 13.9. The number of aromatic nitrogens is 2. The highest BCUT2D eigenvalue weighted by atomic mass is 35.5. The van der Waals surface area contributed by atoms with Gasteiger partial charge in [0.25, 0.3) is 15.9 Å². The van der Waals surface area contributed by atoms with E-state index in [4.69, 9.17) is 27.7 Å². The maximum absolute atomic E-state index is 13.9. The van der Waals surface area contributed by atoms with Gasteiger partial charge < -0.3 is 9.63 Å². The van der Waals surface area contributed by atoms with Gasteiger partial charge in [-0.15, -0.1) is 0 Å². The Morgan fingerprint density at radius 3 is 2.44 bits per heavy atom. The summed E-state index contributed by atoms with van der Waals surface area (Å²) in [6, 6.07) is 12.9.